The fourth-order valence-electron chi connectivity index (χ4n) is 1.34. The van der Waals surface area contributed by atoms with Crippen molar-refractivity contribution in [3.8, 4) is 5.75 Å². The Balaban J connectivity index is 2.50. The van der Waals surface area contributed by atoms with E-state index in [1.165, 1.54) is 0 Å². The van der Waals surface area contributed by atoms with E-state index in [1.807, 2.05) is 0 Å². The maximum Gasteiger partial charge on any atom is 0.386 e. The Morgan fingerprint density at radius 2 is 1.70 bits per heavy atom. The first kappa shape index (κ1) is 13.3. The van der Waals surface area contributed by atoms with Crippen molar-refractivity contribution in [3.05, 3.63) is 41.5 Å². The number of hydrogen-bond acceptors (Lipinski definition) is 7. The zero-order chi connectivity index (χ0) is 14.7. The molecule has 1 heterocycles. The second-order valence-electron chi connectivity index (χ2n) is 3.54. The first-order valence-electron chi connectivity index (χ1n) is 5.17. The van der Waals surface area contributed by atoms with Gasteiger partial charge in [-0.15, -0.1) is 0 Å². The van der Waals surface area contributed by atoms with Crippen molar-refractivity contribution in [2.45, 2.75) is 0 Å². The minimum Gasteiger partial charge on any atom is -0.478 e. The molecular formula is C12H6O8. The molecule has 2 bridgehead atoms. The third-order valence-electron chi connectivity index (χ3n) is 2.21. The Morgan fingerprint density at radius 3 is 2.40 bits per heavy atom. The van der Waals surface area contributed by atoms with Crippen LogP contribution in [0.5, 0.6) is 5.75 Å². The van der Waals surface area contributed by atoms with E-state index in [1.54, 1.807) is 0 Å². The Labute approximate surface area is 111 Å². The first-order valence-corrected chi connectivity index (χ1v) is 5.17. The van der Waals surface area contributed by atoms with E-state index >= 15 is 0 Å². The van der Waals surface area contributed by atoms with Gasteiger partial charge in [0.05, 0.1) is 5.56 Å². The van der Waals surface area contributed by atoms with Crippen molar-refractivity contribution in [1.82, 2.24) is 0 Å². The van der Waals surface area contributed by atoms with Crippen LogP contribution in [-0.2, 0) is 19.4 Å². The topological polar surface area (TPSA) is 116 Å². The van der Waals surface area contributed by atoms with Crippen molar-refractivity contribution in [2.75, 3.05) is 0 Å². The molecule has 8 nitrogen and oxygen atoms in total. The molecule has 0 atom stereocenters. The first-order chi connectivity index (χ1) is 9.47. The molecule has 1 N–H and O–H groups in total. The number of carbonyl (C=O) groups excluding carboxylic acids is 3. The maximum absolute atomic E-state index is 11.5. The van der Waals surface area contributed by atoms with Gasteiger partial charge in [-0.3, -0.25) is 0 Å². The van der Waals surface area contributed by atoms with Crippen molar-refractivity contribution in [3.63, 3.8) is 0 Å². The Bertz CT molecular complexity index is 643. The molecule has 0 fully saturated rings. The summed E-state index contributed by atoms with van der Waals surface area (Å²) >= 11 is 0. The van der Waals surface area contributed by atoms with E-state index in [9.17, 15) is 19.2 Å². The summed E-state index contributed by atoms with van der Waals surface area (Å²) in [6, 6.07) is 3.18. The van der Waals surface area contributed by atoms with Gasteiger partial charge in [-0.25, -0.2) is 29.0 Å². The number of benzene rings is 1. The molecule has 1 aromatic carbocycles. The van der Waals surface area contributed by atoms with E-state index in [4.69, 9.17) is 9.84 Å². The van der Waals surface area contributed by atoms with E-state index in [-0.39, 0.29) is 16.9 Å². The number of rotatable bonds is 1. The highest BCUT2D eigenvalue weighted by Gasteiger charge is 2.20. The number of carboxylic acid groups (broad SMARTS) is 1. The summed E-state index contributed by atoms with van der Waals surface area (Å²) in [5, 5.41) is 8.95. The van der Waals surface area contributed by atoms with Crippen LogP contribution in [0.1, 0.15) is 20.7 Å². The predicted octanol–water partition coefficient (Wildman–Crippen LogP) is 0.475. The molecule has 0 spiro atoms. The predicted molar refractivity (Wildman–Crippen MR) is 59.7 cm³/mol. The summed E-state index contributed by atoms with van der Waals surface area (Å²) in [5.41, 5.74) is -0.470. The second-order valence-corrected chi connectivity index (χ2v) is 3.54. The van der Waals surface area contributed by atoms with Gasteiger partial charge in [-0.2, -0.15) is 0 Å². The van der Waals surface area contributed by atoms with Gasteiger partial charge < -0.3 is 9.84 Å². The zero-order valence-electron chi connectivity index (χ0n) is 9.69. The monoisotopic (exact) mass is 278 g/mol. The van der Waals surface area contributed by atoms with Gasteiger partial charge in [0.25, 0.3) is 0 Å². The van der Waals surface area contributed by atoms with Gasteiger partial charge in [-0.05, 0) is 18.2 Å². The molecule has 1 aliphatic rings. The minimum atomic E-state index is -1.35. The van der Waals surface area contributed by atoms with Crippen LogP contribution >= 0.6 is 0 Å². The van der Waals surface area contributed by atoms with Crippen molar-refractivity contribution in [1.29, 1.82) is 0 Å². The van der Waals surface area contributed by atoms with Crippen molar-refractivity contribution in [2.24, 2.45) is 0 Å². The highest BCUT2D eigenvalue weighted by molar-refractivity contribution is 5.98. The van der Waals surface area contributed by atoms with E-state index in [2.05, 4.69) is 9.78 Å². The summed E-state index contributed by atoms with van der Waals surface area (Å²) in [5.74, 6) is -4.84. The summed E-state index contributed by atoms with van der Waals surface area (Å²) in [4.78, 5) is 53.2. The van der Waals surface area contributed by atoms with Crippen LogP contribution in [0.25, 0.3) is 0 Å². The lowest BCUT2D eigenvalue weighted by Crippen LogP contribution is -2.10. The van der Waals surface area contributed by atoms with Crippen LogP contribution in [0.4, 0.5) is 0 Å². The van der Waals surface area contributed by atoms with E-state index in [0.29, 0.717) is 12.2 Å². The number of esters is 1. The molecule has 0 saturated carbocycles. The lowest BCUT2D eigenvalue weighted by Gasteiger charge is -2.06. The van der Waals surface area contributed by atoms with Gasteiger partial charge in [0.15, 0.2) is 0 Å². The third-order valence-corrected chi connectivity index (χ3v) is 2.21. The number of fused-ring (bicyclic) bond motifs is 2. The molecule has 0 saturated heterocycles. The second kappa shape index (κ2) is 5.22. The minimum absolute atomic E-state index is 0.146. The molecule has 0 aromatic heterocycles. The lowest BCUT2D eigenvalue weighted by atomic mass is 10.1. The van der Waals surface area contributed by atoms with Crippen molar-refractivity contribution < 1.29 is 38.8 Å². The van der Waals surface area contributed by atoms with Crippen LogP contribution in [0, 0.1) is 0 Å². The molecule has 102 valence electrons. The summed E-state index contributed by atoms with van der Waals surface area (Å²) in [6.07, 6.45) is 1.38. The fourth-order valence-corrected chi connectivity index (χ4v) is 1.34. The number of carbonyl (C=O) groups is 4. The average molecular weight is 278 g/mol. The van der Waals surface area contributed by atoms with Gasteiger partial charge in [0.1, 0.15) is 11.3 Å². The van der Waals surface area contributed by atoms with Crippen LogP contribution in [0.3, 0.4) is 0 Å². The molecule has 0 amide bonds. The van der Waals surface area contributed by atoms with Crippen LogP contribution < -0.4 is 4.74 Å². The van der Waals surface area contributed by atoms with Crippen LogP contribution in [0.15, 0.2) is 30.4 Å². The van der Waals surface area contributed by atoms with Crippen LogP contribution in [0.2, 0.25) is 0 Å². The molecular weight excluding hydrogens is 272 g/mol. The van der Waals surface area contributed by atoms with Gasteiger partial charge >= 0.3 is 23.9 Å². The Hall–Kier alpha value is -3.16. The quantitative estimate of drug-likeness (QED) is 0.447. The SMILES string of the molecule is O=C1/C=C\C(=O)Oc2cc(ccc2C(=O)O)C(=O)OO1. The summed E-state index contributed by atoms with van der Waals surface area (Å²) in [7, 11) is 0. The Morgan fingerprint density at radius 1 is 1.00 bits per heavy atom. The van der Waals surface area contributed by atoms with Gasteiger partial charge in [0, 0.05) is 12.2 Å². The maximum atomic E-state index is 11.5. The normalized spacial score (nSPS) is 16.3. The molecule has 0 aliphatic carbocycles. The largest absolute Gasteiger partial charge is 0.478 e. The molecule has 0 unspecified atom stereocenters. The summed E-state index contributed by atoms with van der Waals surface area (Å²) < 4.78 is 4.75. The molecule has 0 radical (unpaired) electrons. The smallest absolute Gasteiger partial charge is 0.386 e. The average Bonchev–Trinajstić information content (AvgIpc) is 2.42. The fraction of sp³-hybridized carbons (Fsp3) is 0. The number of ether oxygens (including phenoxy) is 1. The van der Waals surface area contributed by atoms with Crippen LogP contribution in [-0.4, -0.2) is 29.0 Å². The summed E-state index contributed by atoms with van der Waals surface area (Å²) in [6.45, 7) is 0. The highest BCUT2D eigenvalue weighted by Crippen LogP contribution is 2.22. The standard InChI is InChI=1S/C12H6O8/c13-9-3-4-10(14)19-20-12(17)6-1-2-7(11(15)16)8(5-6)18-9/h1-5H,(H,15,16)/b4-3-. The van der Waals surface area contributed by atoms with E-state index < -0.39 is 23.9 Å². The molecule has 20 heavy (non-hydrogen) atoms. The highest BCUT2D eigenvalue weighted by atomic mass is 17.2. The third kappa shape index (κ3) is 2.80. The van der Waals surface area contributed by atoms with E-state index in [0.717, 1.165) is 18.2 Å². The van der Waals surface area contributed by atoms with Gasteiger partial charge in [-0.1, -0.05) is 0 Å². The number of hydrogen-bond donors (Lipinski definition) is 1. The van der Waals surface area contributed by atoms with Crippen molar-refractivity contribution >= 4 is 23.9 Å². The lowest BCUT2D eigenvalue weighted by molar-refractivity contribution is -0.228. The van der Waals surface area contributed by atoms with Gasteiger partial charge in [0.2, 0.25) is 0 Å². The zero-order valence-corrected chi connectivity index (χ0v) is 9.69. The molecule has 1 aliphatic heterocycles. The molecule has 8 heteroatoms. The number of aromatic carboxylic acids is 1. The molecule has 2 rings (SSSR count). The Kier molecular flexibility index (Phi) is 3.47. The molecule has 1 aromatic rings. The number of carboxylic acids is 1.